The fourth-order valence-corrected chi connectivity index (χ4v) is 1.37. The molecule has 2 aromatic rings. The Hall–Kier alpha value is -1.82. The van der Waals surface area contributed by atoms with Crippen molar-refractivity contribution in [3.05, 3.63) is 53.2 Å². The van der Waals surface area contributed by atoms with Crippen LogP contribution in [0, 0.1) is 17.5 Å². The highest BCUT2D eigenvalue weighted by Crippen LogP contribution is 2.13. The predicted molar refractivity (Wildman–Crippen MR) is 53.4 cm³/mol. The normalized spacial score (nSPS) is 10.8. The van der Waals surface area contributed by atoms with Gasteiger partial charge in [-0.2, -0.15) is 0 Å². The second-order valence-electron chi connectivity index (χ2n) is 3.47. The molecule has 0 amide bonds. The summed E-state index contributed by atoms with van der Waals surface area (Å²) >= 11 is 0. The molecule has 17 heavy (non-hydrogen) atoms. The molecular formula is C11H9F3N2O. The monoisotopic (exact) mass is 242 g/mol. The number of halogens is 3. The van der Waals surface area contributed by atoms with Crippen LogP contribution in [0.4, 0.5) is 13.2 Å². The summed E-state index contributed by atoms with van der Waals surface area (Å²) in [6, 6.07) is 3.57. The van der Waals surface area contributed by atoms with E-state index in [4.69, 9.17) is 0 Å². The van der Waals surface area contributed by atoms with Crippen LogP contribution in [0.5, 0.6) is 0 Å². The lowest BCUT2D eigenvalue weighted by molar-refractivity contribution is 0.408. The molecule has 1 N–H and O–H groups in total. The molecule has 0 aliphatic carbocycles. The third-order valence-corrected chi connectivity index (χ3v) is 2.17. The molecule has 0 atom stereocenters. The largest absolute Gasteiger partial charge is 0.364 e. The van der Waals surface area contributed by atoms with Crippen molar-refractivity contribution in [2.24, 2.45) is 0 Å². The van der Waals surface area contributed by atoms with Crippen LogP contribution in [0.25, 0.3) is 0 Å². The van der Waals surface area contributed by atoms with Gasteiger partial charge in [0.2, 0.25) is 0 Å². The minimum atomic E-state index is -1.45. The first-order valence-corrected chi connectivity index (χ1v) is 4.90. The van der Waals surface area contributed by atoms with Gasteiger partial charge in [-0.25, -0.2) is 13.2 Å². The minimum Gasteiger partial charge on any atom is -0.364 e. The lowest BCUT2D eigenvalue weighted by Gasteiger charge is -2.04. The van der Waals surface area contributed by atoms with E-state index in [1.165, 1.54) is 6.26 Å². The first kappa shape index (κ1) is 11.7. The average Bonchev–Trinajstić information content (AvgIpc) is 2.79. The molecular weight excluding hydrogens is 233 g/mol. The molecule has 1 aromatic heterocycles. The van der Waals surface area contributed by atoms with Crippen molar-refractivity contribution in [2.45, 2.75) is 13.1 Å². The van der Waals surface area contributed by atoms with E-state index >= 15 is 0 Å². The van der Waals surface area contributed by atoms with E-state index in [2.05, 4.69) is 15.0 Å². The summed E-state index contributed by atoms with van der Waals surface area (Å²) in [6.07, 6.45) is 1.42. The van der Waals surface area contributed by atoms with Crippen molar-refractivity contribution in [1.29, 1.82) is 0 Å². The zero-order valence-corrected chi connectivity index (χ0v) is 8.71. The van der Waals surface area contributed by atoms with Crippen LogP contribution in [0.15, 0.2) is 29.0 Å². The van der Waals surface area contributed by atoms with E-state index in [1.54, 1.807) is 6.07 Å². The van der Waals surface area contributed by atoms with Gasteiger partial charge < -0.3 is 9.84 Å². The quantitative estimate of drug-likeness (QED) is 0.836. The molecule has 6 heteroatoms. The number of nitrogens with one attached hydrogen (secondary N) is 1. The summed E-state index contributed by atoms with van der Waals surface area (Å²) in [5.41, 5.74) is 0.998. The molecule has 0 unspecified atom stereocenters. The van der Waals surface area contributed by atoms with Gasteiger partial charge in [-0.05, 0) is 17.7 Å². The molecule has 0 aliphatic heterocycles. The van der Waals surface area contributed by atoms with Crippen molar-refractivity contribution in [1.82, 2.24) is 10.5 Å². The number of aromatic nitrogens is 1. The van der Waals surface area contributed by atoms with Crippen LogP contribution < -0.4 is 5.32 Å². The van der Waals surface area contributed by atoms with Crippen molar-refractivity contribution in [3.63, 3.8) is 0 Å². The molecule has 2 rings (SSSR count). The molecule has 0 saturated heterocycles. The molecule has 90 valence electrons. The third kappa shape index (κ3) is 2.85. The van der Waals surface area contributed by atoms with Crippen molar-refractivity contribution >= 4 is 0 Å². The van der Waals surface area contributed by atoms with Gasteiger partial charge in [0.1, 0.15) is 6.26 Å². The van der Waals surface area contributed by atoms with Gasteiger partial charge in [-0.15, -0.1) is 0 Å². The zero-order valence-electron chi connectivity index (χ0n) is 8.71. The lowest BCUT2D eigenvalue weighted by atomic mass is 10.2. The fourth-order valence-electron chi connectivity index (χ4n) is 1.37. The van der Waals surface area contributed by atoms with Gasteiger partial charge in [0.05, 0.1) is 5.69 Å². The number of nitrogens with zero attached hydrogens (tertiary/aromatic N) is 1. The van der Waals surface area contributed by atoms with Crippen LogP contribution in [0.2, 0.25) is 0 Å². The highest BCUT2D eigenvalue weighted by atomic mass is 19.2. The van der Waals surface area contributed by atoms with E-state index in [-0.39, 0.29) is 6.54 Å². The molecule has 0 aliphatic rings. The van der Waals surface area contributed by atoms with E-state index < -0.39 is 17.5 Å². The molecule has 0 radical (unpaired) electrons. The van der Waals surface area contributed by atoms with Gasteiger partial charge in [0.25, 0.3) is 0 Å². The van der Waals surface area contributed by atoms with Crippen LogP contribution in [-0.2, 0) is 13.1 Å². The van der Waals surface area contributed by atoms with Gasteiger partial charge in [-0.3, -0.25) is 0 Å². The molecule has 0 bridgehead atoms. The van der Waals surface area contributed by atoms with E-state index in [0.29, 0.717) is 17.8 Å². The van der Waals surface area contributed by atoms with Crippen LogP contribution in [0.3, 0.4) is 0 Å². The van der Waals surface area contributed by atoms with Crippen LogP contribution >= 0.6 is 0 Å². The molecule has 0 spiro atoms. The zero-order chi connectivity index (χ0) is 12.3. The first-order valence-electron chi connectivity index (χ1n) is 4.90. The maximum Gasteiger partial charge on any atom is 0.194 e. The molecule has 0 fully saturated rings. The van der Waals surface area contributed by atoms with Crippen molar-refractivity contribution in [2.75, 3.05) is 0 Å². The first-order chi connectivity index (χ1) is 8.16. The second-order valence-corrected chi connectivity index (χ2v) is 3.47. The van der Waals surface area contributed by atoms with Crippen molar-refractivity contribution < 1.29 is 17.7 Å². The summed E-state index contributed by atoms with van der Waals surface area (Å²) in [4.78, 5) is 0. The second kappa shape index (κ2) is 5.01. The Balaban J connectivity index is 1.95. The molecule has 3 nitrogen and oxygen atoms in total. The summed E-state index contributed by atoms with van der Waals surface area (Å²) in [5.74, 6) is -3.84. The number of rotatable bonds is 4. The highest BCUT2D eigenvalue weighted by molar-refractivity contribution is 5.19. The van der Waals surface area contributed by atoms with Gasteiger partial charge >= 0.3 is 0 Å². The van der Waals surface area contributed by atoms with Crippen LogP contribution in [0.1, 0.15) is 11.3 Å². The maximum absolute atomic E-state index is 12.9. The molecule has 1 aromatic carbocycles. The summed E-state index contributed by atoms with van der Waals surface area (Å²) < 4.78 is 43.0. The summed E-state index contributed by atoms with van der Waals surface area (Å²) in [6.45, 7) is 0.609. The van der Waals surface area contributed by atoms with Gasteiger partial charge in [-0.1, -0.05) is 5.16 Å². The Morgan fingerprint density at radius 1 is 1.12 bits per heavy atom. The third-order valence-electron chi connectivity index (χ3n) is 2.17. The predicted octanol–water partition coefficient (Wildman–Crippen LogP) is 2.38. The topological polar surface area (TPSA) is 38.1 Å². The SMILES string of the molecule is Fc1cc(CNCc2ccon2)cc(F)c1F. The van der Waals surface area contributed by atoms with Gasteiger partial charge in [0.15, 0.2) is 17.5 Å². The molecule has 0 saturated carbocycles. The average molecular weight is 242 g/mol. The molecule has 1 heterocycles. The maximum atomic E-state index is 12.9. The number of benzene rings is 1. The highest BCUT2D eigenvalue weighted by Gasteiger charge is 2.10. The van der Waals surface area contributed by atoms with E-state index in [9.17, 15) is 13.2 Å². The summed E-state index contributed by atoms with van der Waals surface area (Å²) in [5, 5.41) is 6.55. The smallest absolute Gasteiger partial charge is 0.194 e. The Labute approximate surface area is 95.2 Å². The van der Waals surface area contributed by atoms with Crippen molar-refractivity contribution in [3.8, 4) is 0 Å². The summed E-state index contributed by atoms with van der Waals surface area (Å²) in [7, 11) is 0. The Kier molecular flexibility index (Phi) is 3.43. The number of hydrogen-bond donors (Lipinski definition) is 1. The lowest BCUT2D eigenvalue weighted by Crippen LogP contribution is -2.13. The van der Waals surface area contributed by atoms with Gasteiger partial charge in [0, 0.05) is 19.2 Å². The Morgan fingerprint density at radius 2 is 1.82 bits per heavy atom. The minimum absolute atomic E-state index is 0.209. The van der Waals surface area contributed by atoms with E-state index in [1.807, 2.05) is 0 Å². The van der Waals surface area contributed by atoms with E-state index in [0.717, 1.165) is 12.1 Å². The Morgan fingerprint density at radius 3 is 2.41 bits per heavy atom. The van der Waals surface area contributed by atoms with Crippen LogP contribution in [-0.4, -0.2) is 5.16 Å². The number of hydrogen-bond acceptors (Lipinski definition) is 3. The standard InChI is InChI=1S/C11H9F3N2O/c12-9-3-7(4-10(13)11(9)14)5-15-6-8-1-2-17-16-8/h1-4,15H,5-6H2. The fraction of sp³-hybridized carbons (Fsp3) is 0.182. The Bertz CT molecular complexity index is 476.